The lowest BCUT2D eigenvalue weighted by molar-refractivity contribution is -0.388. The Bertz CT molecular complexity index is 1110. The van der Waals surface area contributed by atoms with E-state index >= 15 is 0 Å². The van der Waals surface area contributed by atoms with Gasteiger partial charge in [0.25, 0.3) is 11.6 Å². The van der Waals surface area contributed by atoms with Crippen molar-refractivity contribution in [3.63, 3.8) is 0 Å². The van der Waals surface area contributed by atoms with Gasteiger partial charge in [-0.1, -0.05) is 0 Å². The van der Waals surface area contributed by atoms with Crippen LogP contribution < -0.4 is 10.1 Å². The second-order valence-corrected chi connectivity index (χ2v) is 6.73. The first-order chi connectivity index (χ1) is 14.0. The van der Waals surface area contributed by atoms with Crippen LogP contribution in [0.3, 0.4) is 0 Å². The molecule has 0 fully saturated rings. The monoisotopic (exact) mass is 423 g/mol. The fourth-order valence-electron chi connectivity index (χ4n) is 2.68. The molecule has 1 atom stereocenters. The zero-order chi connectivity index (χ0) is 22.1. The highest BCUT2D eigenvalue weighted by Crippen LogP contribution is 2.37. The summed E-state index contributed by atoms with van der Waals surface area (Å²) in [5.41, 5.74) is -4.23. The van der Waals surface area contributed by atoms with Crippen LogP contribution in [0, 0.1) is 10.1 Å². The van der Waals surface area contributed by atoms with Gasteiger partial charge in [0, 0.05) is 28.9 Å². The summed E-state index contributed by atoms with van der Waals surface area (Å²) in [6, 6.07) is 8.88. The number of aliphatic hydroxyl groups is 1. The molecule has 30 heavy (non-hydrogen) atoms. The minimum atomic E-state index is -4.99. The minimum absolute atomic E-state index is 0.355. The van der Waals surface area contributed by atoms with E-state index < -0.39 is 40.5 Å². The Hall–Kier alpha value is -3.60. The number of fused-ring (bicyclic) bond motifs is 1. The fraction of sp³-hybridized carbons (Fsp3) is 0.211. The number of ether oxygens (including phenoxy) is 1. The maximum atomic E-state index is 13.1. The molecule has 0 radical (unpaired) electrons. The van der Waals surface area contributed by atoms with Crippen LogP contribution >= 0.6 is 0 Å². The Morgan fingerprint density at radius 3 is 2.63 bits per heavy atom. The third-order valence-electron chi connectivity index (χ3n) is 4.29. The van der Waals surface area contributed by atoms with Crippen molar-refractivity contribution in [3.05, 3.63) is 64.3 Å². The molecule has 11 heteroatoms. The molecule has 2 aromatic carbocycles. The number of anilines is 1. The summed E-state index contributed by atoms with van der Waals surface area (Å²) >= 11 is 0. The van der Waals surface area contributed by atoms with E-state index in [9.17, 15) is 33.2 Å². The Labute approximate surface area is 167 Å². The van der Waals surface area contributed by atoms with Gasteiger partial charge in [0.1, 0.15) is 17.9 Å². The van der Waals surface area contributed by atoms with Gasteiger partial charge in [-0.2, -0.15) is 13.2 Å². The average molecular weight is 423 g/mol. The molecule has 1 aromatic heterocycles. The molecular formula is C19H16F3N3O5. The van der Waals surface area contributed by atoms with Crippen LogP contribution in [-0.2, 0) is 11.0 Å². The van der Waals surface area contributed by atoms with E-state index in [4.69, 9.17) is 4.74 Å². The number of amides is 1. The van der Waals surface area contributed by atoms with Crippen LogP contribution in [-0.4, -0.2) is 33.1 Å². The van der Waals surface area contributed by atoms with E-state index in [2.05, 4.69) is 10.3 Å². The topological polar surface area (TPSA) is 117 Å². The molecule has 0 saturated heterocycles. The summed E-state index contributed by atoms with van der Waals surface area (Å²) in [6.07, 6.45) is -3.26. The SMILES string of the molecule is C[C@](O)(COc1ccc2[nH]ccc2c1)C(=O)Nc1ccc([N+](=O)[O-])c(C(F)(F)F)c1. The van der Waals surface area contributed by atoms with Crippen LogP contribution in [0.25, 0.3) is 10.9 Å². The Balaban J connectivity index is 1.72. The second-order valence-electron chi connectivity index (χ2n) is 6.73. The summed E-state index contributed by atoms with van der Waals surface area (Å²) in [4.78, 5) is 25.0. The van der Waals surface area contributed by atoms with Crippen molar-refractivity contribution in [1.29, 1.82) is 0 Å². The molecule has 0 aliphatic heterocycles. The van der Waals surface area contributed by atoms with Gasteiger partial charge in [-0.3, -0.25) is 14.9 Å². The van der Waals surface area contributed by atoms with Crippen molar-refractivity contribution in [2.75, 3.05) is 11.9 Å². The van der Waals surface area contributed by atoms with Crippen LogP contribution in [0.2, 0.25) is 0 Å². The summed E-state index contributed by atoms with van der Waals surface area (Å²) in [6.45, 7) is 0.654. The predicted molar refractivity (Wildman–Crippen MR) is 101 cm³/mol. The normalized spacial score (nSPS) is 13.6. The molecule has 0 aliphatic carbocycles. The molecule has 0 bridgehead atoms. The maximum Gasteiger partial charge on any atom is 0.423 e. The van der Waals surface area contributed by atoms with Gasteiger partial charge < -0.3 is 20.1 Å². The lowest BCUT2D eigenvalue weighted by Crippen LogP contribution is -2.45. The van der Waals surface area contributed by atoms with Gasteiger partial charge in [0.2, 0.25) is 0 Å². The van der Waals surface area contributed by atoms with Gasteiger partial charge in [-0.15, -0.1) is 0 Å². The number of nitro benzene ring substituents is 1. The van der Waals surface area contributed by atoms with E-state index in [-0.39, 0.29) is 5.69 Å². The lowest BCUT2D eigenvalue weighted by Gasteiger charge is -2.23. The van der Waals surface area contributed by atoms with Crippen LogP contribution in [0.4, 0.5) is 24.5 Å². The summed E-state index contributed by atoms with van der Waals surface area (Å²) in [5.74, 6) is -0.655. The third kappa shape index (κ3) is 4.51. The molecule has 3 rings (SSSR count). The van der Waals surface area contributed by atoms with Gasteiger partial charge in [0.05, 0.1) is 4.92 Å². The minimum Gasteiger partial charge on any atom is -0.490 e. The molecule has 1 amide bonds. The number of halogens is 3. The number of H-pyrrole nitrogens is 1. The highest BCUT2D eigenvalue weighted by Gasteiger charge is 2.39. The van der Waals surface area contributed by atoms with Crippen LogP contribution in [0.15, 0.2) is 48.7 Å². The average Bonchev–Trinajstić information content (AvgIpc) is 3.13. The molecule has 0 saturated carbocycles. The number of nitro groups is 1. The van der Waals surface area contributed by atoms with Crippen molar-refractivity contribution < 1.29 is 32.7 Å². The molecule has 8 nitrogen and oxygen atoms in total. The number of carbonyl (C=O) groups excluding carboxylic acids is 1. The Kier molecular flexibility index (Phi) is 5.40. The number of aromatic amines is 1. The smallest absolute Gasteiger partial charge is 0.423 e. The van der Waals surface area contributed by atoms with E-state index in [0.29, 0.717) is 17.9 Å². The summed E-state index contributed by atoms with van der Waals surface area (Å²) in [7, 11) is 0. The maximum absolute atomic E-state index is 13.1. The number of alkyl halides is 3. The van der Waals surface area contributed by atoms with Crippen molar-refractivity contribution in [2.45, 2.75) is 18.7 Å². The number of nitrogens with one attached hydrogen (secondary N) is 2. The quantitative estimate of drug-likeness (QED) is 0.411. The molecule has 3 N–H and O–H groups in total. The van der Waals surface area contributed by atoms with Crippen LogP contribution in [0.5, 0.6) is 5.75 Å². The molecule has 158 valence electrons. The van der Waals surface area contributed by atoms with Crippen molar-refractivity contribution >= 4 is 28.2 Å². The summed E-state index contributed by atoms with van der Waals surface area (Å²) in [5, 5.41) is 24.2. The molecule has 0 spiro atoms. The van der Waals surface area contributed by atoms with Crippen molar-refractivity contribution in [1.82, 2.24) is 4.98 Å². The molecule has 0 aliphatic rings. The predicted octanol–water partition coefficient (Wildman–Crippen LogP) is 3.86. The highest BCUT2D eigenvalue weighted by atomic mass is 19.4. The molecule has 1 heterocycles. The second kappa shape index (κ2) is 7.67. The first-order valence-electron chi connectivity index (χ1n) is 8.57. The van der Waals surface area contributed by atoms with E-state index in [1.54, 1.807) is 30.5 Å². The molecule has 0 unspecified atom stereocenters. The van der Waals surface area contributed by atoms with E-state index in [1.165, 1.54) is 0 Å². The first kappa shape index (κ1) is 21.1. The number of carbonyl (C=O) groups is 1. The first-order valence-corrected chi connectivity index (χ1v) is 8.57. The number of rotatable bonds is 6. The highest BCUT2D eigenvalue weighted by molar-refractivity contribution is 5.97. The van der Waals surface area contributed by atoms with Gasteiger partial charge in [-0.25, -0.2) is 0 Å². The van der Waals surface area contributed by atoms with Gasteiger partial charge in [0.15, 0.2) is 5.60 Å². The number of benzene rings is 2. The standard InChI is InChI=1S/C19H16F3N3O5/c1-18(27,10-30-13-3-4-15-11(8-13)6-7-23-15)17(26)24-12-2-5-16(25(28)29)14(9-12)19(20,21)22/h2-9,23,27H,10H2,1H3,(H,24,26)/t18-/m0/s1. The lowest BCUT2D eigenvalue weighted by atomic mass is 10.1. The summed E-state index contributed by atoms with van der Waals surface area (Å²) < 4.78 is 44.6. The Morgan fingerprint density at radius 1 is 1.23 bits per heavy atom. The number of aromatic nitrogens is 1. The van der Waals surface area contributed by atoms with Gasteiger partial charge in [-0.05, 0) is 43.3 Å². The zero-order valence-corrected chi connectivity index (χ0v) is 15.5. The zero-order valence-electron chi connectivity index (χ0n) is 15.5. The molecular weight excluding hydrogens is 407 g/mol. The van der Waals surface area contributed by atoms with Crippen LogP contribution in [0.1, 0.15) is 12.5 Å². The fourth-order valence-corrected chi connectivity index (χ4v) is 2.68. The number of hydrogen-bond donors (Lipinski definition) is 3. The largest absolute Gasteiger partial charge is 0.490 e. The van der Waals surface area contributed by atoms with E-state index in [0.717, 1.165) is 23.9 Å². The Morgan fingerprint density at radius 2 is 1.97 bits per heavy atom. The number of hydrogen-bond acceptors (Lipinski definition) is 5. The van der Waals surface area contributed by atoms with Gasteiger partial charge >= 0.3 is 6.18 Å². The van der Waals surface area contributed by atoms with Crippen molar-refractivity contribution in [3.8, 4) is 5.75 Å². The molecule has 3 aromatic rings. The van der Waals surface area contributed by atoms with E-state index in [1.807, 2.05) is 0 Å². The number of nitrogens with zero attached hydrogens (tertiary/aromatic N) is 1. The third-order valence-corrected chi connectivity index (χ3v) is 4.29. The van der Waals surface area contributed by atoms with Crippen molar-refractivity contribution in [2.24, 2.45) is 0 Å².